The van der Waals surface area contributed by atoms with Crippen molar-refractivity contribution >= 4 is 39.9 Å². The highest BCUT2D eigenvalue weighted by Gasteiger charge is 2.20. The first-order valence-electron chi connectivity index (χ1n) is 15.3. The number of carbonyl (C=O) groups is 2. The molecular formula is C36H39N7O2. The highest BCUT2D eigenvalue weighted by atomic mass is 16.2. The van der Waals surface area contributed by atoms with E-state index in [0.717, 1.165) is 82.1 Å². The molecule has 0 unspecified atom stereocenters. The second kappa shape index (κ2) is 12.8. The van der Waals surface area contributed by atoms with Crippen molar-refractivity contribution in [2.24, 2.45) is 0 Å². The zero-order valence-corrected chi connectivity index (χ0v) is 26.2. The van der Waals surface area contributed by atoms with Gasteiger partial charge >= 0.3 is 0 Å². The first-order valence-corrected chi connectivity index (χ1v) is 15.3. The number of hydrogen-bond donors (Lipinski definition) is 4. The van der Waals surface area contributed by atoms with E-state index in [1.807, 2.05) is 37.4 Å². The first kappa shape index (κ1) is 29.9. The molecule has 6 rings (SSSR count). The van der Waals surface area contributed by atoms with Gasteiger partial charge in [0.1, 0.15) is 5.65 Å². The Hall–Kier alpha value is -5.15. The highest BCUT2D eigenvalue weighted by Crippen LogP contribution is 2.40. The van der Waals surface area contributed by atoms with Crippen LogP contribution in [0.5, 0.6) is 0 Å². The van der Waals surface area contributed by atoms with E-state index in [1.165, 1.54) is 12.6 Å². The summed E-state index contributed by atoms with van der Waals surface area (Å²) in [4.78, 5) is 37.7. The Morgan fingerprint density at radius 3 is 2.31 bits per heavy atom. The van der Waals surface area contributed by atoms with Gasteiger partial charge in [0.25, 0.3) is 5.91 Å². The van der Waals surface area contributed by atoms with E-state index >= 15 is 0 Å². The van der Waals surface area contributed by atoms with Gasteiger partial charge in [-0.1, -0.05) is 36.4 Å². The number of piperazine rings is 1. The van der Waals surface area contributed by atoms with E-state index in [1.54, 1.807) is 6.20 Å². The molecule has 45 heavy (non-hydrogen) atoms. The topological polar surface area (TPSA) is 105 Å². The van der Waals surface area contributed by atoms with Crippen LogP contribution in [0, 0.1) is 6.92 Å². The summed E-state index contributed by atoms with van der Waals surface area (Å²) in [7, 11) is 4.09. The Morgan fingerprint density at radius 2 is 1.62 bits per heavy atom. The number of carbonyl (C=O) groups excluding carboxylic acids is 2. The van der Waals surface area contributed by atoms with E-state index in [0.29, 0.717) is 12.1 Å². The fourth-order valence-corrected chi connectivity index (χ4v) is 5.86. The second-order valence-electron chi connectivity index (χ2n) is 11.7. The van der Waals surface area contributed by atoms with E-state index in [2.05, 4.69) is 87.2 Å². The summed E-state index contributed by atoms with van der Waals surface area (Å²) in [6.45, 7) is 8.05. The number of aromatic nitrogens is 2. The van der Waals surface area contributed by atoms with E-state index in [4.69, 9.17) is 4.98 Å². The fraction of sp³-hybridized carbons (Fsp3) is 0.250. The number of nitrogens with one attached hydrogen (secondary N) is 4. The maximum absolute atomic E-state index is 13.3. The Bertz CT molecular complexity index is 1840. The third-order valence-corrected chi connectivity index (χ3v) is 8.46. The lowest BCUT2D eigenvalue weighted by Crippen LogP contribution is -2.44. The monoisotopic (exact) mass is 601 g/mol. The predicted octanol–water partition coefficient (Wildman–Crippen LogP) is 5.89. The number of anilines is 3. The number of hydrogen-bond acceptors (Lipinski definition) is 6. The second-order valence-corrected chi connectivity index (χ2v) is 11.7. The maximum atomic E-state index is 13.3. The number of pyridine rings is 1. The lowest BCUT2D eigenvalue weighted by atomic mass is 9.96. The van der Waals surface area contributed by atoms with Crippen molar-refractivity contribution in [3.8, 4) is 22.4 Å². The molecule has 9 heteroatoms. The molecule has 0 atom stereocenters. The van der Waals surface area contributed by atoms with Crippen molar-refractivity contribution in [3.05, 3.63) is 95.7 Å². The Balaban J connectivity index is 1.32. The number of H-pyrrole nitrogens is 1. The van der Waals surface area contributed by atoms with E-state index in [-0.39, 0.29) is 11.8 Å². The Labute approximate surface area is 263 Å². The third-order valence-electron chi connectivity index (χ3n) is 8.46. The van der Waals surface area contributed by atoms with Crippen molar-refractivity contribution < 1.29 is 9.59 Å². The zero-order valence-electron chi connectivity index (χ0n) is 26.2. The van der Waals surface area contributed by atoms with Gasteiger partial charge in [-0.25, -0.2) is 4.98 Å². The average molecular weight is 602 g/mol. The van der Waals surface area contributed by atoms with Crippen LogP contribution in [0.1, 0.15) is 28.4 Å². The molecule has 3 aromatic carbocycles. The Morgan fingerprint density at radius 1 is 0.911 bits per heavy atom. The number of rotatable bonds is 8. The summed E-state index contributed by atoms with van der Waals surface area (Å²) in [5, 5.41) is 9.95. The van der Waals surface area contributed by atoms with Crippen molar-refractivity contribution in [3.63, 3.8) is 0 Å². The third kappa shape index (κ3) is 6.53. The minimum Gasteiger partial charge on any atom is -0.388 e. The van der Waals surface area contributed by atoms with Crippen LogP contribution in [-0.4, -0.2) is 67.0 Å². The lowest BCUT2D eigenvalue weighted by molar-refractivity contribution is -0.114. The number of nitrogens with zero attached hydrogens (tertiary/aromatic N) is 3. The van der Waals surface area contributed by atoms with Gasteiger partial charge in [0.05, 0.1) is 11.3 Å². The number of likely N-dealkylation sites (N-methyl/N-ethyl adjacent to an activating group) is 1. The van der Waals surface area contributed by atoms with Crippen LogP contribution in [-0.2, 0) is 11.3 Å². The summed E-state index contributed by atoms with van der Waals surface area (Å²) in [6.07, 6.45) is 1.62. The molecule has 1 aliphatic heterocycles. The standard InChI is InChI=1S/C36H39N7O2/c1-23-5-8-27(20-32(23)37-3)33-31-19-28(36(45)39-21-25-6-11-29(12-7-25)40-24(2)44)22-38-35(31)41-34(33)26-9-13-30(14-10-26)43-17-15-42(4)16-18-43/h5-14,19-20,22,37H,15-18,21H2,1-4H3,(H,38,41)(H,39,45)(H,40,44). The molecule has 0 aliphatic carbocycles. The molecule has 0 spiro atoms. The summed E-state index contributed by atoms with van der Waals surface area (Å²) in [6, 6.07) is 24.4. The summed E-state index contributed by atoms with van der Waals surface area (Å²) in [5.74, 6) is -0.331. The smallest absolute Gasteiger partial charge is 0.253 e. The van der Waals surface area contributed by atoms with Gasteiger partial charge in [-0.05, 0) is 72.6 Å². The predicted molar refractivity (Wildman–Crippen MR) is 183 cm³/mol. The summed E-state index contributed by atoms with van der Waals surface area (Å²) in [5.41, 5.74) is 10.3. The molecule has 1 fully saturated rings. The molecule has 1 saturated heterocycles. The maximum Gasteiger partial charge on any atom is 0.253 e. The van der Waals surface area contributed by atoms with E-state index < -0.39 is 0 Å². The van der Waals surface area contributed by atoms with Gasteiger partial charge in [0.2, 0.25) is 5.91 Å². The first-order chi connectivity index (χ1) is 21.8. The van der Waals surface area contributed by atoms with Gasteiger partial charge in [-0.15, -0.1) is 0 Å². The molecule has 3 heterocycles. The molecular weight excluding hydrogens is 562 g/mol. The molecule has 2 amide bonds. The minimum absolute atomic E-state index is 0.123. The number of benzene rings is 3. The van der Waals surface area contributed by atoms with Crippen LogP contribution in [0.15, 0.2) is 79.0 Å². The van der Waals surface area contributed by atoms with Crippen molar-refractivity contribution in [1.29, 1.82) is 0 Å². The van der Waals surface area contributed by atoms with Crippen LogP contribution >= 0.6 is 0 Å². The summed E-state index contributed by atoms with van der Waals surface area (Å²) < 4.78 is 0. The van der Waals surface area contributed by atoms with Gasteiger partial charge in [0.15, 0.2) is 0 Å². The molecule has 5 aromatic rings. The van der Waals surface area contributed by atoms with Crippen molar-refractivity contribution in [2.45, 2.75) is 20.4 Å². The number of aryl methyl sites for hydroxylation is 1. The van der Waals surface area contributed by atoms with Gasteiger partial charge < -0.3 is 30.7 Å². The van der Waals surface area contributed by atoms with Crippen LogP contribution in [0.25, 0.3) is 33.4 Å². The molecule has 9 nitrogen and oxygen atoms in total. The molecule has 4 N–H and O–H groups in total. The molecule has 1 aliphatic rings. The van der Waals surface area contributed by atoms with Gasteiger partial charge in [-0.3, -0.25) is 9.59 Å². The van der Waals surface area contributed by atoms with Crippen LogP contribution in [0.2, 0.25) is 0 Å². The largest absolute Gasteiger partial charge is 0.388 e. The zero-order chi connectivity index (χ0) is 31.5. The highest BCUT2D eigenvalue weighted by molar-refractivity contribution is 6.06. The Kier molecular flexibility index (Phi) is 8.53. The lowest BCUT2D eigenvalue weighted by Gasteiger charge is -2.34. The normalized spacial score (nSPS) is 13.6. The number of amides is 2. The molecule has 2 aromatic heterocycles. The molecule has 0 saturated carbocycles. The number of aromatic amines is 1. The van der Waals surface area contributed by atoms with Crippen LogP contribution < -0.4 is 20.9 Å². The minimum atomic E-state index is -0.208. The van der Waals surface area contributed by atoms with Crippen LogP contribution in [0.4, 0.5) is 17.1 Å². The van der Waals surface area contributed by atoms with E-state index in [9.17, 15) is 9.59 Å². The SMILES string of the molecule is CNc1cc(-c2c(-c3ccc(N4CCN(C)CC4)cc3)[nH]c3ncc(C(=O)NCc4ccc(NC(C)=O)cc4)cc23)ccc1C. The fourth-order valence-electron chi connectivity index (χ4n) is 5.86. The van der Waals surface area contributed by atoms with Crippen molar-refractivity contribution in [1.82, 2.24) is 20.2 Å². The molecule has 230 valence electrons. The number of fused-ring (bicyclic) bond motifs is 1. The van der Waals surface area contributed by atoms with Gasteiger partial charge in [0, 0.05) is 80.9 Å². The van der Waals surface area contributed by atoms with Gasteiger partial charge in [-0.2, -0.15) is 0 Å². The molecule has 0 bridgehead atoms. The van der Waals surface area contributed by atoms with Crippen LogP contribution in [0.3, 0.4) is 0 Å². The van der Waals surface area contributed by atoms with Crippen molar-refractivity contribution in [2.75, 3.05) is 55.8 Å². The summed E-state index contributed by atoms with van der Waals surface area (Å²) >= 11 is 0. The molecule has 0 radical (unpaired) electrons. The average Bonchev–Trinajstić information content (AvgIpc) is 3.43. The quantitative estimate of drug-likeness (QED) is 0.177.